The maximum Gasteiger partial charge on any atom is 0.257 e. The molecule has 0 radical (unpaired) electrons. The number of rotatable bonds is 8. The lowest BCUT2D eigenvalue weighted by molar-refractivity contribution is 0.445. The van der Waals surface area contributed by atoms with Crippen molar-refractivity contribution in [1.29, 1.82) is 0 Å². The maximum atomic E-state index is 12.4. The van der Waals surface area contributed by atoms with E-state index in [9.17, 15) is 16.8 Å². The Morgan fingerprint density at radius 2 is 1.67 bits per heavy atom. The van der Waals surface area contributed by atoms with Crippen molar-refractivity contribution in [2.45, 2.75) is 37.5 Å². The molecule has 8 nitrogen and oxygen atoms in total. The highest BCUT2D eigenvalue weighted by Crippen LogP contribution is 2.18. The number of aromatic nitrogens is 1. The summed E-state index contributed by atoms with van der Waals surface area (Å²) < 4.78 is 51.0. The van der Waals surface area contributed by atoms with Crippen LogP contribution in [0.5, 0.6) is 0 Å². The highest BCUT2D eigenvalue weighted by molar-refractivity contribution is 7.89. The summed E-state index contributed by atoms with van der Waals surface area (Å²) in [4.78, 5) is 6.44. The first-order valence-electron chi connectivity index (χ1n) is 8.43. The highest BCUT2D eigenvalue weighted by atomic mass is 32.2. The fourth-order valence-electron chi connectivity index (χ4n) is 2.59. The normalized spacial score (nSPS) is 12.3. The zero-order valence-corrected chi connectivity index (χ0v) is 17.4. The van der Waals surface area contributed by atoms with E-state index in [4.69, 9.17) is 0 Å². The Morgan fingerprint density at radius 1 is 1.00 bits per heavy atom. The maximum absolute atomic E-state index is 12.4. The minimum Gasteiger partial charge on any atom is -0.292 e. The molecule has 27 heavy (non-hydrogen) atoms. The Hall–Kier alpha value is -2.01. The lowest BCUT2D eigenvalue weighted by atomic mass is 10.2. The predicted octanol–water partition coefficient (Wildman–Crippen LogP) is 2.03. The third kappa shape index (κ3) is 4.83. The number of benzene rings is 1. The van der Waals surface area contributed by atoms with Crippen molar-refractivity contribution in [3.63, 3.8) is 0 Å². The van der Waals surface area contributed by atoms with Crippen LogP contribution in [0, 0.1) is 13.8 Å². The lowest BCUT2D eigenvalue weighted by Crippen LogP contribution is -2.31. The molecular weight excluding hydrogens is 388 g/mol. The molecule has 1 aromatic heterocycles. The van der Waals surface area contributed by atoms with E-state index in [1.165, 1.54) is 28.7 Å². The topological polar surface area (TPSA) is 108 Å². The molecule has 2 aromatic rings. The minimum atomic E-state index is -3.79. The van der Waals surface area contributed by atoms with Crippen molar-refractivity contribution < 1.29 is 16.8 Å². The van der Waals surface area contributed by atoms with Gasteiger partial charge in [-0.1, -0.05) is 31.5 Å². The van der Waals surface area contributed by atoms with Gasteiger partial charge in [0, 0.05) is 19.3 Å². The van der Waals surface area contributed by atoms with Gasteiger partial charge in [-0.2, -0.15) is 4.31 Å². The van der Waals surface area contributed by atoms with Crippen molar-refractivity contribution >= 4 is 25.9 Å². The number of hydrazine groups is 1. The number of pyridine rings is 1. The molecule has 0 unspecified atom stereocenters. The van der Waals surface area contributed by atoms with E-state index in [1.54, 1.807) is 32.9 Å². The average molecular weight is 413 g/mol. The Kier molecular flexibility index (Phi) is 6.58. The second kappa shape index (κ2) is 8.34. The van der Waals surface area contributed by atoms with Crippen LogP contribution in [-0.2, 0) is 20.0 Å². The van der Waals surface area contributed by atoms with Crippen LogP contribution in [-0.4, -0.2) is 39.2 Å². The van der Waals surface area contributed by atoms with Gasteiger partial charge in [0.25, 0.3) is 10.0 Å². The van der Waals surface area contributed by atoms with Crippen LogP contribution in [0.25, 0.3) is 0 Å². The van der Waals surface area contributed by atoms with Crippen LogP contribution in [0.1, 0.15) is 25.0 Å². The zero-order valence-electron chi connectivity index (χ0n) is 15.7. The van der Waals surface area contributed by atoms with E-state index in [1.807, 2.05) is 6.92 Å². The molecule has 1 heterocycles. The zero-order chi connectivity index (χ0) is 20.2. The van der Waals surface area contributed by atoms with Gasteiger partial charge in [0.05, 0.1) is 4.90 Å². The Balaban J connectivity index is 2.15. The summed E-state index contributed by atoms with van der Waals surface area (Å²) >= 11 is 0. The van der Waals surface area contributed by atoms with E-state index in [2.05, 4.69) is 15.2 Å². The van der Waals surface area contributed by atoms with Crippen LogP contribution < -0.4 is 10.3 Å². The fourth-order valence-corrected chi connectivity index (χ4v) is 5.08. The van der Waals surface area contributed by atoms with Crippen molar-refractivity contribution in [3.05, 3.63) is 47.7 Å². The fraction of sp³-hybridized carbons (Fsp3) is 0.353. The molecule has 0 saturated heterocycles. The van der Waals surface area contributed by atoms with Gasteiger partial charge in [-0.05, 0) is 37.6 Å². The molecule has 10 heteroatoms. The smallest absolute Gasteiger partial charge is 0.257 e. The summed E-state index contributed by atoms with van der Waals surface area (Å²) in [5, 5.41) is 0. The van der Waals surface area contributed by atoms with Gasteiger partial charge < -0.3 is 0 Å². The first-order chi connectivity index (χ1) is 12.6. The molecular formula is C17H24N4O4S2. The van der Waals surface area contributed by atoms with Gasteiger partial charge in [-0.15, -0.1) is 4.83 Å². The third-order valence-electron chi connectivity index (χ3n) is 4.01. The molecule has 0 atom stereocenters. The van der Waals surface area contributed by atoms with Crippen LogP contribution in [0.4, 0.5) is 5.82 Å². The Morgan fingerprint density at radius 3 is 2.19 bits per heavy atom. The molecule has 0 spiro atoms. The molecule has 0 saturated carbocycles. The largest absolute Gasteiger partial charge is 0.292 e. The monoisotopic (exact) mass is 412 g/mol. The molecule has 1 aromatic carbocycles. The number of sulfonamides is 2. The van der Waals surface area contributed by atoms with E-state index >= 15 is 0 Å². The Bertz CT molecular complexity index is 1000. The molecule has 0 aliphatic heterocycles. The molecule has 2 N–H and O–H groups in total. The standard InChI is InChI=1S/C17H24N4O4S2/c1-5-21(6-2)27(24,25)15-8-10-17(18-12-15)19-20-26(22,23)16-9-7-13(3)11-14(16)4/h7-12,20H,5-6H2,1-4H3,(H,18,19). The number of hydrogen-bond acceptors (Lipinski definition) is 6. The van der Waals surface area contributed by atoms with Gasteiger partial charge >= 0.3 is 0 Å². The van der Waals surface area contributed by atoms with Gasteiger partial charge in [0.2, 0.25) is 10.0 Å². The molecule has 0 amide bonds. The quantitative estimate of drug-likeness (QED) is 0.642. The number of nitrogens with zero attached hydrogens (tertiary/aromatic N) is 2. The van der Waals surface area contributed by atoms with Gasteiger partial charge in [-0.25, -0.2) is 21.8 Å². The molecule has 0 bridgehead atoms. The average Bonchev–Trinajstić information content (AvgIpc) is 2.61. The van der Waals surface area contributed by atoms with Gasteiger partial charge in [0.1, 0.15) is 10.7 Å². The second-order valence-corrected chi connectivity index (χ2v) is 9.56. The van der Waals surface area contributed by atoms with Crippen molar-refractivity contribution in [3.8, 4) is 0 Å². The molecule has 0 fully saturated rings. The van der Waals surface area contributed by atoms with Crippen molar-refractivity contribution in [1.82, 2.24) is 14.1 Å². The summed E-state index contributed by atoms with van der Waals surface area (Å²) in [7, 11) is -7.40. The molecule has 0 aliphatic rings. The summed E-state index contributed by atoms with van der Waals surface area (Å²) in [6.45, 7) is 7.82. The van der Waals surface area contributed by atoms with E-state index in [-0.39, 0.29) is 15.6 Å². The first-order valence-corrected chi connectivity index (χ1v) is 11.4. The summed E-state index contributed by atoms with van der Waals surface area (Å²) in [5.41, 5.74) is 4.09. The van der Waals surface area contributed by atoms with E-state index in [0.29, 0.717) is 18.7 Å². The number of hydrogen-bond donors (Lipinski definition) is 2. The van der Waals surface area contributed by atoms with Crippen molar-refractivity contribution in [2.24, 2.45) is 0 Å². The van der Waals surface area contributed by atoms with Crippen LogP contribution in [0.15, 0.2) is 46.3 Å². The number of aryl methyl sites for hydroxylation is 2. The number of nitrogens with one attached hydrogen (secondary N) is 2. The van der Waals surface area contributed by atoms with Crippen LogP contribution >= 0.6 is 0 Å². The van der Waals surface area contributed by atoms with Crippen LogP contribution in [0.2, 0.25) is 0 Å². The highest BCUT2D eigenvalue weighted by Gasteiger charge is 2.22. The lowest BCUT2D eigenvalue weighted by Gasteiger charge is -2.18. The number of anilines is 1. The van der Waals surface area contributed by atoms with Gasteiger partial charge in [0.15, 0.2) is 0 Å². The summed E-state index contributed by atoms with van der Waals surface area (Å²) in [6.07, 6.45) is 1.20. The minimum absolute atomic E-state index is 0.0500. The molecule has 148 valence electrons. The summed E-state index contributed by atoms with van der Waals surface area (Å²) in [5.74, 6) is 0.182. The first kappa shape index (κ1) is 21.3. The molecule has 2 rings (SSSR count). The van der Waals surface area contributed by atoms with E-state index < -0.39 is 20.0 Å². The van der Waals surface area contributed by atoms with E-state index in [0.717, 1.165) is 5.56 Å². The summed E-state index contributed by atoms with van der Waals surface area (Å²) in [6, 6.07) is 7.81. The predicted molar refractivity (Wildman–Crippen MR) is 104 cm³/mol. The van der Waals surface area contributed by atoms with Gasteiger partial charge in [-0.3, -0.25) is 5.43 Å². The third-order valence-corrected chi connectivity index (χ3v) is 7.45. The van der Waals surface area contributed by atoms with Crippen LogP contribution in [0.3, 0.4) is 0 Å². The Labute approximate surface area is 160 Å². The second-order valence-electron chi connectivity index (χ2n) is 5.97. The molecule has 0 aliphatic carbocycles. The van der Waals surface area contributed by atoms with Crippen molar-refractivity contribution in [2.75, 3.05) is 18.5 Å². The SMILES string of the molecule is CCN(CC)S(=O)(=O)c1ccc(NNS(=O)(=O)c2ccc(C)cc2C)nc1.